The van der Waals surface area contributed by atoms with Gasteiger partial charge in [-0.05, 0) is 24.1 Å². The maximum absolute atomic E-state index is 11.7. The van der Waals surface area contributed by atoms with E-state index >= 15 is 0 Å². The Labute approximate surface area is 112 Å². The van der Waals surface area contributed by atoms with Crippen LogP contribution < -0.4 is 10.5 Å². The molecule has 0 aliphatic carbocycles. The predicted octanol–water partition coefficient (Wildman–Crippen LogP) is 0.572. The van der Waals surface area contributed by atoms with Crippen molar-refractivity contribution in [3.05, 3.63) is 29.8 Å². The van der Waals surface area contributed by atoms with Crippen LogP contribution in [0.2, 0.25) is 0 Å². The number of carbonyl (C=O) groups is 2. The number of benzene rings is 1. The first kappa shape index (κ1) is 13.4. The molecular formula is C14H18N2O3. The summed E-state index contributed by atoms with van der Waals surface area (Å²) in [5.41, 5.74) is 6.36. The molecule has 1 saturated heterocycles. The van der Waals surface area contributed by atoms with E-state index in [0.29, 0.717) is 13.1 Å². The third-order valence-electron chi connectivity index (χ3n) is 3.45. The van der Waals surface area contributed by atoms with E-state index in [1.54, 1.807) is 12.0 Å². The van der Waals surface area contributed by atoms with Crippen LogP contribution >= 0.6 is 0 Å². The van der Waals surface area contributed by atoms with Gasteiger partial charge in [-0.2, -0.15) is 0 Å². The van der Waals surface area contributed by atoms with Crippen molar-refractivity contribution in [2.75, 3.05) is 20.2 Å². The van der Waals surface area contributed by atoms with Gasteiger partial charge < -0.3 is 15.4 Å². The van der Waals surface area contributed by atoms with E-state index in [9.17, 15) is 9.59 Å². The van der Waals surface area contributed by atoms with Crippen molar-refractivity contribution >= 4 is 11.8 Å². The van der Waals surface area contributed by atoms with Gasteiger partial charge >= 0.3 is 0 Å². The van der Waals surface area contributed by atoms with E-state index < -0.39 is 0 Å². The van der Waals surface area contributed by atoms with Crippen LogP contribution in [0.3, 0.4) is 0 Å². The molecule has 1 aliphatic rings. The highest BCUT2D eigenvalue weighted by Crippen LogP contribution is 2.18. The van der Waals surface area contributed by atoms with Gasteiger partial charge in [0.05, 0.1) is 13.0 Å². The monoisotopic (exact) mass is 262 g/mol. The van der Waals surface area contributed by atoms with Crippen LogP contribution in [0.4, 0.5) is 0 Å². The molecule has 2 N–H and O–H groups in total. The van der Waals surface area contributed by atoms with Crippen molar-refractivity contribution in [3.8, 4) is 5.75 Å². The Balaban J connectivity index is 1.88. The normalized spacial score (nSPS) is 18.7. The van der Waals surface area contributed by atoms with Crippen molar-refractivity contribution in [3.63, 3.8) is 0 Å². The summed E-state index contributed by atoms with van der Waals surface area (Å²) in [5, 5.41) is 0. The second-order valence-corrected chi connectivity index (χ2v) is 4.74. The molecular weight excluding hydrogens is 244 g/mol. The summed E-state index contributed by atoms with van der Waals surface area (Å²) in [6.45, 7) is 1.07. The molecule has 1 fully saturated rings. The highest BCUT2D eigenvalue weighted by atomic mass is 16.5. The van der Waals surface area contributed by atoms with Gasteiger partial charge in [0.1, 0.15) is 5.75 Å². The summed E-state index contributed by atoms with van der Waals surface area (Å²) in [6, 6.07) is 7.75. The van der Waals surface area contributed by atoms with E-state index in [1.807, 2.05) is 24.3 Å². The Bertz CT molecular complexity index is 470. The van der Waals surface area contributed by atoms with E-state index in [4.69, 9.17) is 10.5 Å². The molecule has 5 nitrogen and oxygen atoms in total. The average Bonchev–Trinajstić information content (AvgIpc) is 2.79. The van der Waals surface area contributed by atoms with Crippen molar-refractivity contribution in [1.29, 1.82) is 0 Å². The van der Waals surface area contributed by atoms with Crippen molar-refractivity contribution < 1.29 is 14.3 Å². The maximum atomic E-state index is 11.7. The van der Waals surface area contributed by atoms with Gasteiger partial charge in [0.15, 0.2) is 0 Å². The minimum Gasteiger partial charge on any atom is -0.497 e. The van der Waals surface area contributed by atoms with Gasteiger partial charge in [0.2, 0.25) is 11.8 Å². The highest BCUT2D eigenvalue weighted by Gasteiger charge is 2.32. The Hall–Kier alpha value is -2.04. The molecule has 1 aliphatic heterocycles. The molecule has 5 heteroatoms. The van der Waals surface area contributed by atoms with Gasteiger partial charge in [-0.25, -0.2) is 0 Å². The molecule has 1 aromatic carbocycles. The molecule has 0 saturated carbocycles. The molecule has 0 radical (unpaired) electrons. The van der Waals surface area contributed by atoms with E-state index in [0.717, 1.165) is 17.7 Å². The van der Waals surface area contributed by atoms with E-state index in [2.05, 4.69) is 0 Å². The van der Waals surface area contributed by atoms with Crippen LogP contribution in [0.15, 0.2) is 24.3 Å². The third kappa shape index (κ3) is 3.24. The lowest BCUT2D eigenvalue weighted by Gasteiger charge is -2.16. The second-order valence-electron chi connectivity index (χ2n) is 4.74. The number of ether oxygens (including phenoxy) is 1. The zero-order valence-electron chi connectivity index (χ0n) is 11.0. The molecule has 1 unspecified atom stereocenters. The van der Waals surface area contributed by atoms with Gasteiger partial charge in [-0.3, -0.25) is 9.59 Å². The van der Waals surface area contributed by atoms with Gasteiger partial charge in [0.25, 0.3) is 0 Å². The van der Waals surface area contributed by atoms with Crippen LogP contribution in [0.5, 0.6) is 5.75 Å². The Kier molecular flexibility index (Phi) is 4.04. The first-order valence-corrected chi connectivity index (χ1v) is 6.30. The number of nitrogens with two attached hydrogens (primary N) is 1. The van der Waals surface area contributed by atoms with Crippen LogP contribution in [0, 0.1) is 5.92 Å². The third-order valence-corrected chi connectivity index (χ3v) is 3.45. The van der Waals surface area contributed by atoms with Gasteiger partial charge in [0, 0.05) is 19.5 Å². The lowest BCUT2D eigenvalue weighted by atomic mass is 10.1. The number of primary amides is 1. The number of methoxy groups -OCH3 is 1. The number of carbonyl (C=O) groups excluding carboxylic acids is 2. The first-order valence-electron chi connectivity index (χ1n) is 6.30. The molecule has 0 aromatic heterocycles. The zero-order chi connectivity index (χ0) is 13.8. The predicted molar refractivity (Wildman–Crippen MR) is 70.6 cm³/mol. The first-order chi connectivity index (χ1) is 9.10. The van der Waals surface area contributed by atoms with Gasteiger partial charge in [-0.1, -0.05) is 12.1 Å². The molecule has 1 atom stereocenters. The fourth-order valence-corrected chi connectivity index (χ4v) is 2.24. The quantitative estimate of drug-likeness (QED) is 0.843. The van der Waals surface area contributed by atoms with Crippen molar-refractivity contribution in [2.24, 2.45) is 11.7 Å². The molecule has 0 spiro atoms. The number of likely N-dealkylation sites (tertiary alicyclic amines) is 1. The second kappa shape index (κ2) is 5.73. The zero-order valence-corrected chi connectivity index (χ0v) is 11.0. The average molecular weight is 262 g/mol. The number of hydrogen-bond acceptors (Lipinski definition) is 3. The Morgan fingerprint density at radius 3 is 2.63 bits per heavy atom. The molecule has 1 heterocycles. The lowest BCUT2D eigenvalue weighted by Crippen LogP contribution is -2.30. The standard InChI is InChI=1S/C14H18N2O3/c1-19-12-4-2-10(3-5-12)6-7-16-9-11(14(15)18)8-13(16)17/h2-5,11H,6-9H2,1H3,(H2,15,18). The van der Waals surface area contributed by atoms with Gasteiger partial charge in [-0.15, -0.1) is 0 Å². The molecule has 19 heavy (non-hydrogen) atoms. The summed E-state index contributed by atoms with van der Waals surface area (Å²) in [7, 11) is 1.63. The minimum absolute atomic E-state index is 0.0114. The number of rotatable bonds is 5. The summed E-state index contributed by atoms with van der Waals surface area (Å²) < 4.78 is 5.09. The SMILES string of the molecule is COc1ccc(CCN2CC(C(N)=O)CC2=O)cc1. The fraction of sp³-hybridized carbons (Fsp3) is 0.429. The van der Waals surface area contributed by atoms with Crippen LogP contribution in [-0.2, 0) is 16.0 Å². The van der Waals surface area contributed by atoms with Crippen LogP contribution in [0.25, 0.3) is 0 Å². The smallest absolute Gasteiger partial charge is 0.223 e. The summed E-state index contributed by atoms with van der Waals surface area (Å²) in [4.78, 5) is 24.5. The van der Waals surface area contributed by atoms with Crippen molar-refractivity contribution in [2.45, 2.75) is 12.8 Å². The maximum Gasteiger partial charge on any atom is 0.223 e. The lowest BCUT2D eigenvalue weighted by molar-refractivity contribution is -0.128. The summed E-state index contributed by atoms with van der Waals surface area (Å²) >= 11 is 0. The molecule has 2 amide bonds. The van der Waals surface area contributed by atoms with Crippen LogP contribution in [0.1, 0.15) is 12.0 Å². The summed E-state index contributed by atoms with van der Waals surface area (Å²) in [5.74, 6) is 0.107. The Morgan fingerprint density at radius 1 is 1.42 bits per heavy atom. The number of hydrogen-bond donors (Lipinski definition) is 1. The van der Waals surface area contributed by atoms with Crippen LogP contribution in [-0.4, -0.2) is 36.9 Å². The van der Waals surface area contributed by atoms with E-state index in [1.165, 1.54) is 0 Å². The highest BCUT2D eigenvalue weighted by molar-refractivity contribution is 5.88. The topological polar surface area (TPSA) is 72.6 Å². The summed E-state index contributed by atoms with van der Waals surface area (Å²) in [6.07, 6.45) is 1.01. The fourth-order valence-electron chi connectivity index (χ4n) is 2.24. The largest absolute Gasteiger partial charge is 0.497 e. The molecule has 102 valence electrons. The van der Waals surface area contributed by atoms with E-state index in [-0.39, 0.29) is 24.2 Å². The Morgan fingerprint density at radius 2 is 2.11 bits per heavy atom. The molecule has 2 rings (SSSR count). The molecule has 0 bridgehead atoms. The molecule has 1 aromatic rings. The van der Waals surface area contributed by atoms with Crippen molar-refractivity contribution in [1.82, 2.24) is 4.90 Å². The number of nitrogens with zero attached hydrogens (tertiary/aromatic N) is 1. The number of amides is 2. The minimum atomic E-state index is -0.389.